The molecule has 25 heavy (non-hydrogen) atoms. The predicted octanol–water partition coefficient (Wildman–Crippen LogP) is 3.66. The van der Waals surface area contributed by atoms with E-state index in [1.54, 1.807) is 18.2 Å². The highest BCUT2D eigenvalue weighted by Crippen LogP contribution is 2.30. The first-order chi connectivity index (χ1) is 12.1. The first kappa shape index (κ1) is 18.1. The smallest absolute Gasteiger partial charge is 0.348 e. The van der Waals surface area contributed by atoms with Gasteiger partial charge in [-0.15, -0.1) is 0 Å². The molecule has 2 aromatic carbocycles. The predicted molar refractivity (Wildman–Crippen MR) is 94.1 cm³/mol. The highest BCUT2D eigenvalue weighted by atomic mass is 16.5. The third-order valence-corrected chi connectivity index (χ3v) is 3.67. The van der Waals surface area contributed by atoms with Crippen LogP contribution in [0.15, 0.2) is 48.0 Å². The third kappa shape index (κ3) is 4.61. The minimum absolute atomic E-state index is 0.0851. The van der Waals surface area contributed by atoms with E-state index in [1.807, 2.05) is 37.3 Å². The molecule has 2 aromatic rings. The molecule has 0 atom stereocenters. The fraction of sp³-hybridized carbons (Fsp3) is 0.200. The highest BCUT2D eigenvalue weighted by Gasteiger charge is 2.11. The molecule has 5 nitrogen and oxygen atoms in total. The van der Waals surface area contributed by atoms with Crippen LogP contribution in [0.4, 0.5) is 0 Å². The maximum atomic E-state index is 11.5. The summed E-state index contributed by atoms with van der Waals surface area (Å²) < 4.78 is 15.8. The molecule has 0 aromatic heterocycles. The van der Waals surface area contributed by atoms with Crippen LogP contribution in [0.2, 0.25) is 0 Å². The van der Waals surface area contributed by atoms with Crippen LogP contribution in [-0.2, 0) is 16.1 Å². The number of carbonyl (C=O) groups is 1. The lowest BCUT2D eigenvalue weighted by Crippen LogP contribution is -2.03. The van der Waals surface area contributed by atoms with Gasteiger partial charge in [-0.2, -0.15) is 5.26 Å². The van der Waals surface area contributed by atoms with Gasteiger partial charge in [-0.3, -0.25) is 0 Å². The zero-order valence-electron chi connectivity index (χ0n) is 14.4. The number of esters is 1. The van der Waals surface area contributed by atoms with E-state index in [-0.39, 0.29) is 5.57 Å². The van der Waals surface area contributed by atoms with Gasteiger partial charge in [0.05, 0.1) is 14.2 Å². The number of nitrogens with zero attached hydrogens (tertiary/aromatic N) is 1. The van der Waals surface area contributed by atoms with E-state index in [1.165, 1.54) is 20.3 Å². The number of aryl methyl sites for hydroxylation is 1. The Morgan fingerprint density at radius 3 is 2.56 bits per heavy atom. The molecule has 128 valence electrons. The molecule has 0 N–H and O–H groups in total. The first-order valence-electron chi connectivity index (χ1n) is 7.64. The molecule has 0 bridgehead atoms. The fourth-order valence-corrected chi connectivity index (χ4v) is 2.23. The number of hydrogen-bond acceptors (Lipinski definition) is 5. The number of methoxy groups -OCH3 is 2. The topological polar surface area (TPSA) is 68.6 Å². The van der Waals surface area contributed by atoms with Crippen molar-refractivity contribution in [1.82, 2.24) is 0 Å². The van der Waals surface area contributed by atoms with E-state index in [9.17, 15) is 4.79 Å². The zero-order valence-corrected chi connectivity index (χ0v) is 14.4. The number of ether oxygens (including phenoxy) is 3. The summed E-state index contributed by atoms with van der Waals surface area (Å²) in [6.45, 7) is 2.45. The van der Waals surface area contributed by atoms with E-state index in [4.69, 9.17) is 14.7 Å². The molecule has 5 heteroatoms. The summed E-state index contributed by atoms with van der Waals surface area (Å²) in [4.78, 5) is 11.5. The fourth-order valence-electron chi connectivity index (χ4n) is 2.23. The average Bonchev–Trinajstić information content (AvgIpc) is 2.65. The number of nitriles is 1. The Kier molecular flexibility index (Phi) is 6.19. The number of carbonyl (C=O) groups excluding carboxylic acids is 1. The van der Waals surface area contributed by atoms with Crippen molar-refractivity contribution in [2.45, 2.75) is 13.5 Å². The molecule has 0 spiro atoms. The van der Waals surface area contributed by atoms with Gasteiger partial charge in [-0.25, -0.2) is 4.79 Å². The standard InChI is InChI=1S/C20H19NO4/c1-14-6-4-5-7-16(14)13-25-18-9-8-15(11-19(18)23-2)10-17(12-21)20(22)24-3/h4-11H,13H2,1-3H3/b17-10-. The summed E-state index contributed by atoms with van der Waals surface area (Å²) in [6.07, 6.45) is 1.44. The Morgan fingerprint density at radius 2 is 1.92 bits per heavy atom. The van der Waals surface area contributed by atoms with Crippen LogP contribution in [0.5, 0.6) is 11.5 Å². The molecule has 0 amide bonds. The molecule has 0 unspecified atom stereocenters. The molecule has 2 rings (SSSR count). The Labute approximate surface area is 147 Å². The molecule has 0 radical (unpaired) electrons. The monoisotopic (exact) mass is 337 g/mol. The molecule has 0 saturated heterocycles. The molecule has 0 aliphatic carbocycles. The Morgan fingerprint density at radius 1 is 1.16 bits per heavy atom. The SMILES string of the molecule is COC(=O)/C(C#N)=C\c1ccc(OCc2ccccc2C)c(OC)c1. The number of rotatable bonds is 6. The zero-order chi connectivity index (χ0) is 18.2. The molecular formula is C20H19NO4. The molecular weight excluding hydrogens is 318 g/mol. The summed E-state index contributed by atoms with van der Waals surface area (Å²) in [5, 5.41) is 9.03. The largest absolute Gasteiger partial charge is 0.493 e. The maximum Gasteiger partial charge on any atom is 0.348 e. The minimum Gasteiger partial charge on any atom is -0.493 e. The lowest BCUT2D eigenvalue weighted by atomic mass is 10.1. The van der Waals surface area contributed by atoms with E-state index in [0.29, 0.717) is 23.7 Å². The highest BCUT2D eigenvalue weighted by molar-refractivity contribution is 5.97. The van der Waals surface area contributed by atoms with Gasteiger partial charge in [-0.05, 0) is 41.8 Å². The quantitative estimate of drug-likeness (QED) is 0.457. The van der Waals surface area contributed by atoms with Crippen molar-refractivity contribution in [2.75, 3.05) is 14.2 Å². The summed E-state index contributed by atoms with van der Waals surface area (Å²) in [5.74, 6) is 0.422. The van der Waals surface area contributed by atoms with Crippen LogP contribution < -0.4 is 9.47 Å². The van der Waals surface area contributed by atoms with Crippen LogP contribution in [0.3, 0.4) is 0 Å². The van der Waals surface area contributed by atoms with Crippen molar-refractivity contribution in [3.63, 3.8) is 0 Å². The maximum absolute atomic E-state index is 11.5. The van der Waals surface area contributed by atoms with Gasteiger partial charge < -0.3 is 14.2 Å². The van der Waals surface area contributed by atoms with Crippen molar-refractivity contribution < 1.29 is 19.0 Å². The van der Waals surface area contributed by atoms with Gasteiger partial charge in [0.2, 0.25) is 0 Å². The van der Waals surface area contributed by atoms with E-state index < -0.39 is 5.97 Å². The molecule has 0 fully saturated rings. The number of benzene rings is 2. The normalized spacial score (nSPS) is 10.7. The third-order valence-electron chi connectivity index (χ3n) is 3.67. The van der Waals surface area contributed by atoms with Crippen molar-refractivity contribution in [2.24, 2.45) is 0 Å². The van der Waals surface area contributed by atoms with Crippen molar-refractivity contribution in [3.8, 4) is 17.6 Å². The molecule has 0 saturated carbocycles. The van der Waals surface area contributed by atoms with Gasteiger partial charge in [0.25, 0.3) is 0 Å². The van der Waals surface area contributed by atoms with Gasteiger partial charge in [0, 0.05) is 0 Å². The van der Waals surface area contributed by atoms with E-state index in [0.717, 1.165) is 11.1 Å². The van der Waals surface area contributed by atoms with Gasteiger partial charge >= 0.3 is 5.97 Å². The molecule has 0 heterocycles. The van der Waals surface area contributed by atoms with Crippen LogP contribution in [0, 0.1) is 18.3 Å². The van der Waals surface area contributed by atoms with Crippen LogP contribution >= 0.6 is 0 Å². The molecule has 0 aliphatic heterocycles. The van der Waals surface area contributed by atoms with Crippen LogP contribution in [0.1, 0.15) is 16.7 Å². The van der Waals surface area contributed by atoms with Crippen LogP contribution in [-0.4, -0.2) is 20.2 Å². The van der Waals surface area contributed by atoms with Crippen molar-refractivity contribution in [3.05, 3.63) is 64.7 Å². The second kappa shape index (κ2) is 8.55. The van der Waals surface area contributed by atoms with Gasteiger partial charge in [-0.1, -0.05) is 30.3 Å². The van der Waals surface area contributed by atoms with E-state index >= 15 is 0 Å². The summed E-state index contributed by atoms with van der Waals surface area (Å²) >= 11 is 0. The Bertz CT molecular complexity index is 834. The van der Waals surface area contributed by atoms with Crippen molar-refractivity contribution >= 4 is 12.0 Å². The lowest BCUT2D eigenvalue weighted by molar-refractivity contribution is -0.135. The Hall–Kier alpha value is -3.26. The average molecular weight is 337 g/mol. The van der Waals surface area contributed by atoms with Crippen LogP contribution in [0.25, 0.3) is 6.08 Å². The first-order valence-corrected chi connectivity index (χ1v) is 7.64. The Balaban J connectivity index is 2.22. The van der Waals surface area contributed by atoms with Gasteiger partial charge in [0.15, 0.2) is 11.5 Å². The van der Waals surface area contributed by atoms with E-state index in [2.05, 4.69) is 4.74 Å². The summed E-state index contributed by atoms with van der Waals surface area (Å²) in [7, 11) is 2.77. The minimum atomic E-state index is -0.679. The van der Waals surface area contributed by atoms with Gasteiger partial charge in [0.1, 0.15) is 18.2 Å². The summed E-state index contributed by atoms with van der Waals surface area (Å²) in [5.41, 5.74) is 2.80. The lowest BCUT2D eigenvalue weighted by Gasteiger charge is -2.12. The summed E-state index contributed by atoms with van der Waals surface area (Å²) in [6, 6.07) is 15.0. The number of hydrogen-bond donors (Lipinski definition) is 0. The second-order valence-electron chi connectivity index (χ2n) is 5.29. The second-order valence-corrected chi connectivity index (χ2v) is 5.29. The van der Waals surface area contributed by atoms with Crippen molar-refractivity contribution in [1.29, 1.82) is 5.26 Å². The molecule has 0 aliphatic rings.